The molecule has 1 saturated heterocycles. The van der Waals surface area contributed by atoms with E-state index in [0.717, 1.165) is 23.4 Å². The molecule has 3 nitrogen and oxygen atoms in total. The lowest BCUT2D eigenvalue weighted by molar-refractivity contribution is -0.136. The summed E-state index contributed by atoms with van der Waals surface area (Å²) in [4.78, 5) is 14.3. The topological polar surface area (TPSA) is 29.5 Å². The van der Waals surface area contributed by atoms with Gasteiger partial charge in [0.15, 0.2) is 0 Å². The first kappa shape index (κ1) is 16.4. The van der Waals surface area contributed by atoms with Crippen LogP contribution in [0.3, 0.4) is 0 Å². The van der Waals surface area contributed by atoms with Crippen molar-refractivity contribution in [3.8, 4) is 0 Å². The Morgan fingerprint density at radius 1 is 1.22 bits per heavy atom. The van der Waals surface area contributed by atoms with Crippen LogP contribution in [0, 0.1) is 0 Å². The number of halogens is 1. The van der Waals surface area contributed by atoms with Gasteiger partial charge in [0.1, 0.15) is 12.0 Å². The zero-order chi connectivity index (χ0) is 16.1. The molecule has 0 aromatic heterocycles. The number of rotatable bonds is 5. The maximum Gasteiger partial charge on any atom is 0.249 e. The number of nitrogens with zero attached hydrogens (tertiary/aromatic N) is 1. The van der Waals surface area contributed by atoms with Crippen LogP contribution >= 0.6 is 23.4 Å². The van der Waals surface area contributed by atoms with Gasteiger partial charge in [-0.05, 0) is 23.3 Å². The largest absolute Gasteiger partial charge is 0.367 e. The number of ether oxygens (including phenoxy) is 1. The summed E-state index contributed by atoms with van der Waals surface area (Å²) in [7, 11) is 0. The molecule has 23 heavy (non-hydrogen) atoms. The molecule has 120 valence electrons. The molecule has 1 heterocycles. The molecule has 0 aliphatic carbocycles. The standard InChI is InChI=1S/C18H18ClNO2S/c19-16-8-4-7-15(11-16)18-20(9-10-23-18)17(21)13-22-12-14-5-2-1-3-6-14/h1-8,11,18H,9-10,12-13H2/t18-/m0/s1. The fourth-order valence-corrected chi connectivity index (χ4v) is 4.04. The predicted molar refractivity (Wildman–Crippen MR) is 94.5 cm³/mol. The first-order valence-corrected chi connectivity index (χ1v) is 8.95. The van der Waals surface area contributed by atoms with Gasteiger partial charge in [-0.15, -0.1) is 11.8 Å². The van der Waals surface area contributed by atoms with Crippen LogP contribution in [0.2, 0.25) is 5.02 Å². The Morgan fingerprint density at radius 2 is 2.04 bits per heavy atom. The highest BCUT2D eigenvalue weighted by Crippen LogP contribution is 2.38. The van der Waals surface area contributed by atoms with Crippen LogP contribution in [-0.4, -0.2) is 29.7 Å². The SMILES string of the molecule is O=C(COCc1ccccc1)N1CCS[C@H]1c1cccc(Cl)c1. The van der Waals surface area contributed by atoms with Crippen LogP contribution in [0.4, 0.5) is 0 Å². The third-order valence-corrected chi connectivity index (χ3v) is 5.18. The molecule has 0 bridgehead atoms. The van der Waals surface area contributed by atoms with Gasteiger partial charge in [0.25, 0.3) is 0 Å². The van der Waals surface area contributed by atoms with Crippen molar-refractivity contribution < 1.29 is 9.53 Å². The first-order valence-electron chi connectivity index (χ1n) is 7.52. The zero-order valence-electron chi connectivity index (χ0n) is 12.7. The highest BCUT2D eigenvalue weighted by Gasteiger charge is 2.30. The third kappa shape index (κ3) is 4.28. The van der Waals surface area contributed by atoms with Crippen LogP contribution in [0.5, 0.6) is 0 Å². The highest BCUT2D eigenvalue weighted by atomic mass is 35.5. The molecule has 0 radical (unpaired) electrons. The van der Waals surface area contributed by atoms with E-state index in [4.69, 9.17) is 16.3 Å². The van der Waals surface area contributed by atoms with Crippen molar-refractivity contribution in [1.82, 2.24) is 4.90 Å². The molecule has 2 aromatic carbocycles. The molecule has 1 atom stereocenters. The van der Waals surface area contributed by atoms with Crippen LogP contribution in [-0.2, 0) is 16.1 Å². The summed E-state index contributed by atoms with van der Waals surface area (Å²) in [6, 6.07) is 17.6. The number of carbonyl (C=O) groups excluding carboxylic acids is 1. The average molecular weight is 348 g/mol. The van der Waals surface area contributed by atoms with Gasteiger partial charge in [0, 0.05) is 17.3 Å². The van der Waals surface area contributed by atoms with E-state index in [0.29, 0.717) is 11.6 Å². The molecular weight excluding hydrogens is 330 g/mol. The minimum absolute atomic E-state index is 0.0240. The van der Waals surface area contributed by atoms with Crippen LogP contribution in [0.15, 0.2) is 54.6 Å². The monoisotopic (exact) mass is 347 g/mol. The van der Waals surface area contributed by atoms with Crippen molar-refractivity contribution in [1.29, 1.82) is 0 Å². The van der Waals surface area contributed by atoms with E-state index in [1.54, 1.807) is 11.8 Å². The van der Waals surface area contributed by atoms with E-state index in [-0.39, 0.29) is 17.9 Å². The summed E-state index contributed by atoms with van der Waals surface area (Å²) in [6.45, 7) is 1.30. The molecule has 2 aromatic rings. The molecule has 0 unspecified atom stereocenters. The van der Waals surface area contributed by atoms with Crippen molar-refractivity contribution in [2.24, 2.45) is 0 Å². The van der Waals surface area contributed by atoms with Crippen molar-refractivity contribution in [2.75, 3.05) is 18.9 Å². The first-order chi connectivity index (χ1) is 11.2. The normalized spacial score (nSPS) is 17.4. The molecule has 0 saturated carbocycles. The van der Waals surface area contributed by atoms with Gasteiger partial charge in [-0.1, -0.05) is 54.1 Å². The molecule has 0 N–H and O–H groups in total. The quantitative estimate of drug-likeness (QED) is 0.814. The van der Waals surface area contributed by atoms with Crippen LogP contribution < -0.4 is 0 Å². The fraction of sp³-hybridized carbons (Fsp3) is 0.278. The van der Waals surface area contributed by atoms with E-state index >= 15 is 0 Å². The van der Waals surface area contributed by atoms with Gasteiger partial charge in [-0.2, -0.15) is 0 Å². The zero-order valence-corrected chi connectivity index (χ0v) is 14.2. The summed E-state index contributed by atoms with van der Waals surface area (Å²) in [5.41, 5.74) is 2.14. The van der Waals surface area contributed by atoms with Gasteiger partial charge in [0.2, 0.25) is 5.91 Å². The summed E-state index contributed by atoms with van der Waals surface area (Å²) in [5, 5.41) is 0.726. The van der Waals surface area contributed by atoms with Gasteiger partial charge < -0.3 is 9.64 Å². The summed E-state index contributed by atoms with van der Waals surface area (Å²) >= 11 is 7.83. The lowest BCUT2D eigenvalue weighted by atomic mass is 10.2. The number of carbonyl (C=O) groups is 1. The van der Waals surface area contributed by atoms with Gasteiger partial charge in [-0.25, -0.2) is 0 Å². The molecular formula is C18H18ClNO2S. The van der Waals surface area contributed by atoms with Crippen molar-refractivity contribution >= 4 is 29.3 Å². The third-order valence-electron chi connectivity index (χ3n) is 3.68. The van der Waals surface area contributed by atoms with Crippen molar-refractivity contribution in [3.63, 3.8) is 0 Å². The summed E-state index contributed by atoms with van der Waals surface area (Å²) in [5.74, 6) is 0.956. The fourth-order valence-electron chi connectivity index (χ4n) is 2.58. The summed E-state index contributed by atoms with van der Waals surface area (Å²) in [6.07, 6.45) is 0. The lowest BCUT2D eigenvalue weighted by Gasteiger charge is -2.24. The van der Waals surface area contributed by atoms with E-state index in [9.17, 15) is 4.79 Å². The molecule has 1 aliphatic rings. The number of hydrogen-bond donors (Lipinski definition) is 0. The molecule has 3 rings (SSSR count). The second kappa shape index (κ2) is 7.86. The second-order valence-electron chi connectivity index (χ2n) is 5.34. The van der Waals surface area contributed by atoms with Crippen molar-refractivity contribution in [2.45, 2.75) is 12.0 Å². The van der Waals surface area contributed by atoms with Crippen LogP contribution in [0.25, 0.3) is 0 Å². The average Bonchev–Trinajstić information content (AvgIpc) is 3.05. The van der Waals surface area contributed by atoms with E-state index in [2.05, 4.69) is 0 Å². The van der Waals surface area contributed by atoms with E-state index < -0.39 is 0 Å². The van der Waals surface area contributed by atoms with Gasteiger partial charge >= 0.3 is 0 Å². The number of hydrogen-bond acceptors (Lipinski definition) is 3. The van der Waals surface area contributed by atoms with Crippen LogP contribution in [0.1, 0.15) is 16.5 Å². The number of thioether (sulfide) groups is 1. The minimum Gasteiger partial charge on any atom is -0.367 e. The Labute approximate surface area is 145 Å². The predicted octanol–water partition coefficient (Wildman–Crippen LogP) is 4.13. The maximum atomic E-state index is 12.5. The molecule has 0 spiro atoms. The van der Waals surface area contributed by atoms with Gasteiger partial charge in [0.05, 0.1) is 6.61 Å². The Balaban J connectivity index is 1.58. The van der Waals surface area contributed by atoms with E-state index in [1.165, 1.54) is 0 Å². The van der Waals surface area contributed by atoms with Gasteiger partial charge in [-0.3, -0.25) is 4.79 Å². The molecule has 1 fully saturated rings. The highest BCUT2D eigenvalue weighted by molar-refractivity contribution is 7.99. The van der Waals surface area contributed by atoms with E-state index in [1.807, 2.05) is 59.5 Å². The van der Waals surface area contributed by atoms with Crippen molar-refractivity contribution in [3.05, 3.63) is 70.7 Å². The smallest absolute Gasteiger partial charge is 0.249 e. The molecule has 1 aliphatic heterocycles. The maximum absolute atomic E-state index is 12.5. The Bertz CT molecular complexity index is 665. The second-order valence-corrected chi connectivity index (χ2v) is 6.97. The number of benzene rings is 2. The Hall–Kier alpha value is -1.49. The summed E-state index contributed by atoms with van der Waals surface area (Å²) < 4.78 is 5.58. The lowest BCUT2D eigenvalue weighted by Crippen LogP contribution is -2.33. The molecule has 1 amide bonds. The molecule has 5 heteroatoms. The minimum atomic E-state index is 0.0240. The Morgan fingerprint density at radius 3 is 2.83 bits per heavy atom. The Kier molecular flexibility index (Phi) is 5.60. The number of amides is 1.